The first kappa shape index (κ1) is 11.4. The number of hydrogen-bond acceptors (Lipinski definition) is 3. The normalized spacial score (nSPS) is 18.5. The SMILES string of the molecule is Cc1cnc(SCC2(CBr)CCC2)nc1. The maximum atomic E-state index is 4.31. The monoisotopic (exact) mass is 286 g/mol. The molecular weight excluding hydrogens is 272 g/mol. The van der Waals surface area contributed by atoms with E-state index in [1.54, 1.807) is 11.8 Å². The van der Waals surface area contributed by atoms with Gasteiger partial charge in [-0.2, -0.15) is 0 Å². The molecule has 0 aromatic carbocycles. The summed E-state index contributed by atoms with van der Waals surface area (Å²) in [6.45, 7) is 2.01. The second kappa shape index (κ2) is 4.83. The summed E-state index contributed by atoms with van der Waals surface area (Å²) in [4.78, 5) is 8.62. The van der Waals surface area contributed by atoms with E-state index < -0.39 is 0 Å². The van der Waals surface area contributed by atoms with Crippen LogP contribution in [0, 0.1) is 12.3 Å². The van der Waals surface area contributed by atoms with Gasteiger partial charge in [0.15, 0.2) is 5.16 Å². The van der Waals surface area contributed by atoms with Crippen molar-refractivity contribution >= 4 is 27.7 Å². The zero-order chi connectivity index (χ0) is 10.7. The first-order valence-corrected chi connectivity index (χ1v) is 7.32. The zero-order valence-corrected chi connectivity index (χ0v) is 11.3. The second-order valence-electron chi connectivity index (χ2n) is 4.32. The van der Waals surface area contributed by atoms with Gasteiger partial charge >= 0.3 is 0 Å². The molecular formula is C11H15BrN2S. The number of rotatable bonds is 4. The van der Waals surface area contributed by atoms with Crippen molar-refractivity contribution in [1.82, 2.24) is 9.97 Å². The van der Waals surface area contributed by atoms with Gasteiger partial charge in [-0.3, -0.25) is 0 Å². The van der Waals surface area contributed by atoms with Crippen molar-refractivity contribution in [2.24, 2.45) is 5.41 Å². The maximum absolute atomic E-state index is 4.31. The number of aryl methyl sites for hydroxylation is 1. The van der Waals surface area contributed by atoms with Crippen LogP contribution in [0.4, 0.5) is 0 Å². The van der Waals surface area contributed by atoms with Gasteiger partial charge in [-0.1, -0.05) is 34.1 Å². The van der Waals surface area contributed by atoms with E-state index in [1.165, 1.54) is 19.3 Å². The van der Waals surface area contributed by atoms with Gasteiger partial charge in [0.25, 0.3) is 0 Å². The van der Waals surface area contributed by atoms with Crippen molar-refractivity contribution in [3.05, 3.63) is 18.0 Å². The maximum Gasteiger partial charge on any atom is 0.187 e. The van der Waals surface area contributed by atoms with Gasteiger partial charge in [0.2, 0.25) is 0 Å². The molecule has 0 radical (unpaired) electrons. The predicted molar refractivity (Wildman–Crippen MR) is 67.6 cm³/mol. The van der Waals surface area contributed by atoms with Crippen molar-refractivity contribution in [1.29, 1.82) is 0 Å². The van der Waals surface area contributed by atoms with E-state index in [0.29, 0.717) is 5.41 Å². The lowest BCUT2D eigenvalue weighted by Gasteiger charge is -2.40. The molecule has 1 heterocycles. The smallest absolute Gasteiger partial charge is 0.187 e. The average Bonchev–Trinajstić information content (AvgIpc) is 2.20. The molecule has 0 spiro atoms. The Hall–Kier alpha value is -0.0900. The van der Waals surface area contributed by atoms with Crippen LogP contribution in [0.5, 0.6) is 0 Å². The lowest BCUT2D eigenvalue weighted by molar-refractivity contribution is 0.206. The van der Waals surface area contributed by atoms with Crippen molar-refractivity contribution < 1.29 is 0 Å². The molecule has 0 unspecified atom stereocenters. The molecule has 1 aromatic rings. The molecule has 1 fully saturated rings. The average molecular weight is 287 g/mol. The van der Waals surface area contributed by atoms with E-state index in [4.69, 9.17) is 0 Å². The van der Waals surface area contributed by atoms with Gasteiger partial charge in [0.05, 0.1) is 0 Å². The summed E-state index contributed by atoms with van der Waals surface area (Å²) in [5, 5.41) is 2.02. The summed E-state index contributed by atoms with van der Waals surface area (Å²) in [7, 11) is 0. The molecule has 2 nitrogen and oxygen atoms in total. The molecule has 1 aromatic heterocycles. The van der Waals surface area contributed by atoms with Crippen LogP contribution in [-0.4, -0.2) is 21.1 Å². The van der Waals surface area contributed by atoms with Gasteiger partial charge in [0.1, 0.15) is 0 Å². The topological polar surface area (TPSA) is 25.8 Å². The summed E-state index contributed by atoms with van der Waals surface area (Å²) < 4.78 is 0. The molecule has 0 aliphatic heterocycles. The minimum absolute atomic E-state index is 0.513. The quantitative estimate of drug-likeness (QED) is 0.482. The molecule has 0 atom stereocenters. The molecule has 0 bridgehead atoms. The number of hydrogen-bond donors (Lipinski definition) is 0. The number of thioether (sulfide) groups is 1. The van der Waals surface area contributed by atoms with Gasteiger partial charge in [-0.05, 0) is 30.7 Å². The Morgan fingerprint density at radius 2 is 2.07 bits per heavy atom. The molecule has 0 N–H and O–H groups in total. The van der Waals surface area contributed by atoms with Gasteiger partial charge in [-0.25, -0.2) is 9.97 Å². The lowest BCUT2D eigenvalue weighted by atomic mass is 9.72. The molecule has 0 amide bonds. The fraction of sp³-hybridized carbons (Fsp3) is 0.636. The van der Waals surface area contributed by atoms with Crippen LogP contribution in [-0.2, 0) is 0 Å². The highest BCUT2D eigenvalue weighted by atomic mass is 79.9. The molecule has 1 aliphatic carbocycles. The molecule has 1 saturated carbocycles. The summed E-state index contributed by atoms with van der Waals surface area (Å²) in [6.07, 6.45) is 7.84. The number of alkyl halides is 1. The number of nitrogens with zero attached hydrogens (tertiary/aromatic N) is 2. The minimum atomic E-state index is 0.513. The summed E-state index contributed by atoms with van der Waals surface area (Å²) in [5.74, 6) is 1.14. The Balaban J connectivity index is 1.90. The van der Waals surface area contributed by atoms with E-state index in [0.717, 1.165) is 21.8 Å². The van der Waals surface area contributed by atoms with Crippen LogP contribution in [0.15, 0.2) is 17.6 Å². The van der Waals surface area contributed by atoms with Gasteiger partial charge in [0, 0.05) is 23.5 Å². The molecule has 4 heteroatoms. The molecule has 1 aliphatic rings. The molecule has 0 saturated heterocycles. The first-order valence-electron chi connectivity index (χ1n) is 5.22. The van der Waals surface area contributed by atoms with E-state index in [-0.39, 0.29) is 0 Å². The van der Waals surface area contributed by atoms with Crippen LogP contribution < -0.4 is 0 Å². The van der Waals surface area contributed by atoms with Gasteiger partial charge < -0.3 is 0 Å². The highest BCUT2D eigenvalue weighted by Gasteiger charge is 2.35. The van der Waals surface area contributed by atoms with Crippen molar-refractivity contribution in [3.8, 4) is 0 Å². The van der Waals surface area contributed by atoms with Crippen LogP contribution in [0.3, 0.4) is 0 Å². The molecule has 2 rings (SSSR count). The zero-order valence-electron chi connectivity index (χ0n) is 8.87. The van der Waals surface area contributed by atoms with E-state index >= 15 is 0 Å². The number of aromatic nitrogens is 2. The molecule has 82 valence electrons. The van der Waals surface area contributed by atoms with E-state index in [1.807, 2.05) is 19.3 Å². The fourth-order valence-corrected chi connectivity index (χ4v) is 3.77. The third kappa shape index (κ3) is 2.72. The Morgan fingerprint density at radius 3 is 2.53 bits per heavy atom. The molecule has 15 heavy (non-hydrogen) atoms. The summed E-state index contributed by atoms with van der Waals surface area (Å²) in [6, 6.07) is 0. The highest BCUT2D eigenvalue weighted by molar-refractivity contribution is 9.09. The van der Waals surface area contributed by atoms with Crippen LogP contribution in [0.25, 0.3) is 0 Å². The summed E-state index contributed by atoms with van der Waals surface area (Å²) >= 11 is 5.40. The minimum Gasteiger partial charge on any atom is -0.231 e. The van der Waals surface area contributed by atoms with Crippen LogP contribution in [0.1, 0.15) is 24.8 Å². The van der Waals surface area contributed by atoms with Crippen molar-refractivity contribution in [2.45, 2.75) is 31.3 Å². The van der Waals surface area contributed by atoms with Crippen molar-refractivity contribution in [2.75, 3.05) is 11.1 Å². The Morgan fingerprint density at radius 1 is 1.40 bits per heavy atom. The summed E-state index contributed by atoms with van der Waals surface area (Å²) in [5.41, 5.74) is 1.64. The Labute approximate surface area is 103 Å². The fourth-order valence-electron chi connectivity index (χ4n) is 1.67. The number of halogens is 1. The predicted octanol–water partition coefficient (Wildman–Crippen LogP) is 3.44. The van der Waals surface area contributed by atoms with Crippen LogP contribution in [0.2, 0.25) is 0 Å². The third-order valence-corrected chi connectivity index (χ3v) is 5.38. The highest BCUT2D eigenvalue weighted by Crippen LogP contribution is 2.45. The third-order valence-electron chi connectivity index (χ3n) is 2.96. The lowest BCUT2D eigenvalue weighted by Crippen LogP contribution is -2.33. The van der Waals surface area contributed by atoms with E-state index in [2.05, 4.69) is 25.9 Å². The van der Waals surface area contributed by atoms with E-state index in [9.17, 15) is 0 Å². The Bertz CT molecular complexity index is 316. The van der Waals surface area contributed by atoms with Crippen LogP contribution >= 0.6 is 27.7 Å². The Kier molecular flexibility index (Phi) is 3.67. The first-order chi connectivity index (χ1) is 7.24. The largest absolute Gasteiger partial charge is 0.231 e. The second-order valence-corrected chi connectivity index (χ2v) is 5.82. The van der Waals surface area contributed by atoms with Gasteiger partial charge in [-0.15, -0.1) is 0 Å². The van der Waals surface area contributed by atoms with Crippen molar-refractivity contribution in [3.63, 3.8) is 0 Å². The standard InChI is InChI=1S/C11H15BrN2S/c1-9-5-13-10(14-6-9)15-8-11(7-12)3-2-4-11/h5-6H,2-4,7-8H2,1H3.